The Labute approximate surface area is 148 Å². The summed E-state index contributed by atoms with van der Waals surface area (Å²) in [4.78, 5) is 11.3. The number of nitrogens with two attached hydrogens (primary N) is 1. The zero-order valence-corrected chi connectivity index (χ0v) is 15.3. The van der Waals surface area contributed by atoms with Crippen molar-refractivity contribution in [3.8, 4) is 11.5 Å². The van der Waals surface area contributed by atoms with E-state index in [0.29, 0.717) is 12.1 Å². The number of hydrogen-bond acceptors (Lipinski definition) is 5. The largest absolute Gasteiger partial charge is 0.504 e. The summed E-state index contributed by atoms with van der Waals surface area (Å²) in [6.07, 6.45) is -0.614. The fourth-order valence-electron chi connectivity index (χ4n) is 3.23. The van der Waals surface area contributed by atoms with Gasteiger partial charge in [-0.15, -0.1) is 12.4 Å². The normalized spacial score (nSPS) is 23.1. The van der Waals surface area contributed by atoms with Crippen molar-refractivity contribution in [2.75, 3.05) is 13.1 Å². The van der Waals surface area contributed by atoms with Crippen molar-refractivity contribution in [2.24, 2.45) is 11.1 Å². The molecule has 1 heterocycles. The molecule has 1 aliphatic heterocycles. The molecule has 0 saturated carbocycles. The molecule has 5 N–H and O–H groups in total. The summed E-state index contributed by atoms with van der Waals surface area (Å²) >= 11 is 0. The first-order chi connectivity index (χ1) is 10.7. The lowest BCUT2D eigenvalue weighted by Crippen LogP contribution is -2.45. The van der Waals surface area contributed by atoms with Crippen LogP contribution in [0.1, 0.15) is 50.8 Å². The Morgan fingerprint density at radius 3 is 2.46 bits per heavy atom. The number of amides is 1. The quantitative estimate of drug-likeness (QED) is 0.620. The summed E-state index contributed by atoms with van der Waals surface area (Å²) in [5.41, 5.74) is 6.98. The summed E-state index contributed by atoms with van der Waals surface area (Å²) in [6, 6.07) is 3.16. The molecule has 0 radical (unpaired) electrons. The number of ether oxygens (including phenoxy) is 1. The lowest BCUT2D eigenvalue weighted by molar-refractivity contribution is -0.120. The molecule has 2 rings (SSSR count). The zero-order chi connectivity index (χ0) is 17.4. The Balaban J connectivity index is 0.00000288. The van der Waals surface area contributed by atoms with Gasteiger partial charge in [0.2, 0.25) is 5.91 Å². The second-order valence-electron chi connectivity index (χ2n) is 7.13. The third-order valence-corrected chi connectivity index (χ3v) is 4.26. The van der Waals surface area contributed by atoms with Crippen LogP contribution in [0.3, 0.4) is 0 Å². The van der Waals surface area contributed by atoms with Crippen LogP contribution >= 0.6 is 12.4 Å². The lowest BCUT2D eigenvalue weighted by atomic mass is 9.74. The molecular formula is C17H27ClN2O4. The Kier molecular flexibility index (Phi) is 6.50. The first-order valence-corrected chi connectivity index (χ1v) is 7.81. The number of rotatable bonds is 3. The molecule has 136 valence electrons. The van der Waals surface area contributed by atoms with Crippen LogP contribution in [-0.2, 0) is 9.53 Å². The van der Waals surface area contributed by atoms with Crippen LogP contribution in [0, 0.1) is 5.41 Å². The molecular weight excluding hydrogens is 332 g/mol. The van der Waals surface area contributed by atoms with Gasteiger partial charge in [0.25, 0.3) is 0 Å². The SMILES string of the molecule is CC(=O)NC[C@H]1c2c(ccc(O)c2O)[C@H](CN)O[C@@H]1C(C)(C)C.Cl. The van der Waals surface area contributed by atoms with Crippen molar-refractivity contribution in [1.29, 1.82) is 0 Å². The lowest BCUT2D eigenvalue weighted by Gasteiger charge is -2.44. The van der Waals surface area contributed by atoms with Gasteiger partial charge >= 0.3 is 0 Å². The molecule has 6 nitrogen and oxygen atoms in total. The average molecular weight is 359 g/mol. The molecule has 3 atom stereocenters. The van der Waals surface area contributed by atoms with Crippen LogP contribution in [0.5, 0.6) is 11.5 Å². The zero-order valence-electron chi connectivity index (χ0n) is 14.5. The molecule has 1 aliphatic rings. The van der Waals surface area contributed by atoms with Crippen molar-refractivity contribution in [3.63, 3.8) is 0 Å². The topological polar surface area (TPSA) is 105 Å². The predicted molar refractivity (Wildman–Crippen MR) is 94.6 cm³/mol. The fraction of sp³-hybridized carbons (Fsp3) is 0.588. The monoisotopic (exact) mass is 358 g/mol. The number of aromatic hydroxyl groups is 2. The highest BCUT2D eigenvalue weighted by Crippen LogP contribution is 2.49. The van der Waals surface area contributed by atoms with E-state index < -0.39 is 0 Å². The Morgan fingerprint density at radius 2 is 1.96 bits per heavy atom. The van der Waals surface area contributed by atoms with E-state index in [4.69, 9.17) is 10.5 Å². The maximum atomic E-state index is 11.3. The first-order valence-electron chi connectivity index (χ1n) is 7.81. The van der Waals surface area contributed by atoms with Crippen LogP contribution in [0.25, 0.3) is 0 Å². The van der Waals surface area contributed by atoms with Gasteiger partial charge in [0.1, 0.15) is 0 Å². The predicted octanol–water partition coefficient (Wildman–Crippen LogP) is 2.18. The van der Waals surface area contributed by atoms with Crippen molar-refractivity contribution < 1.29 is 19.7 Å². The molecule has 1 aromatic rings. The third-order valence-electron chi connectivity index (χ3n) is 4.26. The second kappa shape index (κ2) is 7.59. The molecule has 1 aromatic carbocycles. The van der Waals surface area contributed by atoms with Crippen molar-refractivity contribution in [3.05, 3.63) is 23.3 Å². The van der Waals surface area contributed by atoms with Gasteiger partial charge in [-0.1, -0.05) is 26.8 Å². The molecule has 0 fully saturated rings. The summed E-state index contributed by atoms with van der Waals surface area (Å²) in [7, 11) is 0. The Morgan fingerprint density at radius 1 is 1.33 bits per heavy atom. The van der Waals surface area contributed by atoms with Gasteiger partial charge in [-0.2, -0.15) is 0 Å². The molecule has 0 aliphatic carbocycles. The number of hydrogen-bond donors (Lipinski definition) is 4. The van der Waals surface area contributed by atoms with Gasteiger partial charge in [-0.3, -0.25) is 4.79 Å². The van der Waals surface area contributed by atoms with Gasteiger partial charge in [-0.25, -0.2) is 0 Å². The fourth-order valence-corrected chi connectivity index (χ4v) is 3.23. The van der Waals surface area contributed by atoms with E-state index in [9.17, 15) is 15.0 Å². The van der Waals surface area contributed by atoms with Crippen LogP contribution < -0.4 is 11.1 Å². The third kappa shape index (κ3) is 3.94. The van der Waals surface area contributed by atoms with Crippen molar-refractivity contribution in [2.45, 2.75) is 45.8 Å². The van der Waals surface area contributed by atoms with Gasteiger partial charge < -0.3 is 26.0 Å². The van der Waals surface area contributed by atoms with E-state index in [2.05, 4.69) is 5.32 Å². The number of nitrogens with one attached hydrogen (secondary N) is 1. The number of phenolic OH excluding ortho intramolecular Hbond substituents is 2. The average Bonchev–Trinajstić information content (AvgIpc) is 2.46. The summed E-state index contributed by atoms with van der Waals surface area (Å²) in [6.45, 7) is 8.15. The standard InChI is InChI=1S/C17H26N2O4.ClH/c1-9(20)19-8-11-14-10(5-6-12(21)15(14)22)13(7-18)23-16(11)17(2,3)4;/h5-6,11,13,16,21-22H,7-8,18H2,1-4H3,(H,19,20);1H/t11-,13-,16-;/m0./s1. The van der Waals surface area contributed by atoms with E-state index >= 15 is 0 Å². The molecule has 0 unspecified atom stereocenters. The molecule has 0 bridgehead atoms. The number of phenols is 2. The minimum Gasteiger partial charge on any atom is -0.504 e. The van der Waals surface area contributed by atoms with Crippen LogP contribution in [-0.4, -0.2) is 35.3 Å². The minimum atomic E-state index is -0.352. The van der Waals surface area contributed by atoms with E-state index in [1.165, 1.54) is 13.0 Å². The number of fused-ring (bicyclic) bond motifs is 1. The number of benzene rings is 1. The highest BCUT2D eigenvalue weighted by atomic mass is 35.5. The second-order valence-corrected chi connectivity index (χ2v) is 7.13. The Hall–Kier alpha value is -1.50. The van der Waals surface area contributed by atoms with E-state index in [1.54, 1.807) is 6.07 Å². The number of carbonyl (C=O) groups excluding carboxylic acids is 1. The highest BCUT2D eigenvalue weighted by Gasteiger charge is 2.43. The molecule has 0 aromatic heterocycles. The maximum Gasteiger partial charge on any atom is 0.216 e. The molecule has 24 heavy (non-hydrogen) atoms. The number of halogens is 1. The molecule has 7 heteroatoms. The van der Waals surface area contributed by atoms with Crippen LogP contribution in [0.4, 0.5) is 0 Å². The maximum absolute atomic E-state index is 11.3. The first kappa shape index (κ1) is 20.5. The minimum absolute atomic E-state index is 0. The summed E-state index contributed by atoms with van der Waals surface area (Å²) in [5, 5.41) is 23.1. The van der Waals surface area contributed by atoms with Gasteiger partial charge in [0, 0.05) is 31.5 Å². The number of carbonyl (C=O) groups is 1. The van der Waals surface area contributed by atoms with Crippen molar-refractivity contribution in [1.82, 2.24) is 5.32 Å². The van der Waals surface area contributed by atoms with Gasteiger partial charge in [-0.05, 0) is 17.0 Å². The van der Waals surface area contributed by atoms with E-state index in [1.807, 2.05) is 20.8 Å². The summed E-state index contributed by atoms with van der Waals surface area (Å²) in [5.74, 6) is -0.764. The van der Waals surface area contributed by atoms with Gasteiger partial charge in [0.15, 0.2) is 11.5 Å². The highest BCUT2D eigenvalue weighted by molar-refractivity contribution is 5.85. The Bertz CT molecular complexity index is 601. The smallest absolute Gasteiger partial charge is 0.216 e. The molecule has 1 amide bonds. The van der Waals surface area contributed by atoms with Crippen LogP contribution in [0.15, 0.2) is 12.1 Å². The van der Waals surface area contributed by atoms with Crippen LogP contribution in [0.2, 0.25) is 0 Å². The van der Waals surface area contributed by atoms with Crippen molar-refractivity contribution >= 4 is 18.3 Å². The summed E-state index contributed by atoms with van der Waals surface area (Å²) < 4.78 is 6.20. The molecule has 0 saturated heterocycles. The molecule has 0 spiro atoms. The van der Waals surface area contributed by atoms with Gasteiger partial charge in [0.05, 0.1) is 12.2 Å². The van der Waals surface area contributed by atoms with E-state index in [-0.39, 0.29) is 59.9 Å². The van der Waals surface area contributed by atoms with E-state index in [0.717, 1.165) is 5.56 Å².